The van der Waals surface area contributed by atoms with Crippen LogP contribution in [-0.4, -0.2) is 25.2 Å². The van der Waals surface area contributed by atoms with Crippen molar-refractivity contribution in [1.29, 1.82) is 0 Å². The summed E-state index contributed by atoms with van der Waals surface area (Å²) in [5.74, 6) is -0.835. The van der Waals surface area contributed by atoms with Crippen molar-refractivity contribution in [3.63, 3.8) is 0 Å². The quantitative estimate of drug-likeness (QED) is 0.536. The van der Waals surface area contributed by atoms with Gasteiger partial charge in [0.15, 0.2) is 12.0 Å². The second-order valence-electron chi connectivity index (χ2n) is 3.22. The molecule has 3 heteroatoms. The number of hydrogen-bond acceptors (Lipinski definition) is 2. The molecule has 1 aliphatic heterocycles. The summed E-state index contributed by atoms with van der Waals surface area (Å²) < 4.78 is 23.9. The van der Waals surface area contributed by atoms with Crippen molar-refractivity contribution in [2.75, 3.05) is 13.2 Å². The minimum Gasteiger partial charge on any atom is -0.345 e. The molecule has 0 aromatic rings. The van der Waals surface area contributed by atoms with Crippen molar-refractivity contribution in [1.82, 2.24) is 0 Å². The van der Waals surface area contributed by atoms with Crippen LogP contribution < -0.4 is 0 Å². The zero-order chi connectivity index (χ0) is 7.73. The third kappa shape index (κ3) is 1.16. The van der Waals surface area contributed by atoms with Gasteiger partial charge in [0, 0.05) is 6.42 Å². The summed E-state index contributed by atoms with van der Waals surface area (Å²) in [6, 6.07) is 0. The molecule has 0 radical (unpaired) electrons. The largest absolute Gasteiger partial charge is 0.345 e. The molecule has 0 bridgehead atoms. The van der Waals surface area contributed by atoms with E-state index >= 15 is 0 Å². The monoisotopic (exact) mass is 160 g/mol. The highest BCUT2D eigenvalue weighted by Gasteiger charge is 2.46. The van der Waals surface area contributed by atoms with Gasteiger partial charge in [-0.2, -0.15) is 0 Å². The predicted molar refractivity (Wildman–Crippen MR) is 38.0 cm³/mol. The van der Waals surface area contributed by atoms with E-state index in [4.69, 9.17) is 9.47 Å². The zero-order valence-corrected chi connectivity index (χ0v) is 6.51. The Balaban J connectivity index is 2.07. The third-order valence-electron chi connectivity index (χ3n) is 2.49. The maximum atomic E-state index is 13.3. The van der Waals surface area contributed by atoms with Gasteiger partial charge in [-0.15, -0.1) is 0 Å². The maximum absolute atomic E-state index is 13.3. The molecule has 11 heavy (non-hydrogen) atoms. The first kappa shape index (κ1) is 7.50. The summed E-state index contributed by atoms with van der Waals surface area (Å²) in [6.07, 6.45) is 2.42. The van der Waals surface area contributed by atoms with Crippen molar-refractivity contribution in [2.24, 2.45) is 0 Å². The lowest BCUT2D eigenvalue weighted by molar-refractivity contribution is -0.215. The molecular weight excluding hydrogens is 147 g/mol. The molecule has 2 fully saturated rings. The second kappa shape index (κ2) is 2.72. The molecule has 1 heterocycles. The van der Waals surface area contributed by atoms with Crippen molar-refractivity contribution in [3.05, 3.63) is 0 Å². The number of rotatable bonds is 0. The fraction of sp³-hybridized carbons (Fsp3) is 1.00. The Hall–Kier alpha value is -0.150. The predicted octanol–water partition coefficient (Wildman–Crippen LogP) is 1.64. The second-order valence-corrected chi connectivity index (χ2v) is 3.22. The highest BCUT2D eigenvalue weighted by Crippen LogP contribution is 2.37. The van der Waals surface area contributed by atoms with Crippen LogP contribution in [0.25, 0.3) is 0 Å². The molecule has 1 aliphatic carbocycles. The van der Waals surface area contributed by atoms with E-state index in [0.29, 0.717) is 19.6 Å². The van der Waals surface area contributed by atoms with E-state index < -0.39 is 12.0 Å². The molecule has 0 N–H and O–H groups in total. The average molecular weight is 160 g/mol. The Kier molecular flexibility index (Phi) is 1.85. The zero-order valence-electron chi connectivity index (χ0n) is 6.51. The van der Waals surface area contributed by atoms with Gasteiger partial charge in [0.25, 0.3) is 0 Å². The minimum absolute atomic E-state index is 0.556. The molecule has 1 saturated carbocycles. The van der Waals surface area contributed by atoms with E-state index in [1.165, 1.54) is 0 Å². The highest BCUT2D eigenvalue weighted by molar-refractivity contribution is 4.86. The Bertz CT molecular complexity index is 143. The van der Waals surface area contributed by atoms with E-state index in [-0.39, 0.29) is 0 Å². The molecule has 2 rings (SSSR count). The summed E-state index contributed by atoms with van der Waals surface area (Å²) in [7, 11) is 0. The van der Waals surface area contributed by atoms with Crippen LogP contribution in [0.1, 0.15) is 25.7 Å². The molecule has 2 aliphatic rings. The normalized spacial score (nSPS) is 36.3. The minimum atomic E-state index is -0.904. The van der Waals surface area contributed by atoms with Gasteiger partial charge < -0.3 is 9.47 Å². The topological polar surface area (TPSA) is 18.5 Å². The average Bonchev–Trinajstić information content (AvgIpc) is 2.46. The van der Waals surface area contributed by atoms with Crippen molar-refractivity contribution < 1.29 is 13.9 Å². The smallest absolute Gasteiger partial charge is 0.199 e. The van der Waals surface area contributed by atoms with Gasteiger partial charge in [0.1, 0.15) is 0 Å². The van der Waals surface area contributed by atoms with Crippen LogP contribution in [0.4, 0.5) is 4.39 Å². The summed E-state index contributed by atoms with van der Waals surface area (Å²) in [5, 5.41) is 0. The first-order chi connectivity index (χ1) is 5.33. The molecule has 0 aromatic carbocycles. The highest BCUT2D eigenvalue weighted by atomic mass is 19.1. The van der Waals surface area contributed by atoms with E-state index in [0.717, 1.165) is 19.3 Å². The van der Waals surface area contributed by atoms with Gasteiger partial charge in [-0.3, -0.25) is 0 Å². The van der Waals surface area contributed by atoms with Gasteiger partial charge in [0.05, 0.1) is 13.2 Å². The fourth-order valence-corrected chi connectivity index (χ4v) is 1.87. The van der Waals surface area contributed by atoms with E-state index in [1.54, 1.807) is 0 Å². The molecule has 2 nitrogen and oxygen atoms in total. The molecule has 64 valence electrons. The van der Waals surface area contributed by atoms with E-state index in [9.17, 15) is 4.39 Å². The maximum Gasteiger partial charge on any atom is 0.199 e. The van der Waals surface area contributed by atoms with Gasteiger partial charge in [0.2, 0.25) is 0 Å². The molecule has 1 atom stereocenters. The first-order valence-electron chi connectivity index (χ1n) is 4.25. The van der Waals surface area contributed by atoms with Gasteiger partial charge >= 0.3 is 0 Å². The van der Waals surface area contributed by atoms with E-state index in [1.807, 2.05) is 0 Å². The lowest BCUT2D eigenvalue weighted by atomic mass is 9.92. The van der Waals surface area contributed by atoms with Crippen molar-refractivity contribution >= 4 is 0 Å². The van der Waals surface area contributed by atoms with Gasteiger partial charge in [-0.1, -0.05) is 6.42 Å². The lowest BCUT2D eigenvalue weighted by Crippen LogP contribution is -2.43. The fourth-order valence-electron chi connectivity index (χ4n) is 1.87. The summed E-state index contributed by atoms with van der Waals surface area (Å²) in [6.45, 7) is 1.11. The van der Waals surface area contributed by atoms with Crippen LogP contribution in [0.15, 0.2) is 0 Å². The van der Waals surface area contributed by atoms with Crippen molar-refractivity contribution in [3.8, 4) is 0 Å². The van der Waals surface area contributed by atoms with Crippen LogP contribution in [0.3, 0.4) is 0 Å². The van der Waals surface area contributed by atoms with E-state index in [2.05, 4.69) is 0 Å². The number of ether oxygens (including phenoxy) is 2. The SMILES string of the molecule is F[C@H]1CCCCC12OCCO2. The molecule has 1 saturated heterocycles. The van der Waals surface area contributed by atoms with Gasteiger partial charge in [-0.25, -0.2) is 4.39 Å². The standard InChI is InChI=1S/C8H13FO2/c9-7-3-1-2-4-8(7)10-5-6-11-8/h7H,1-6H2/t7-/m0/s1. The molecule has 0 unspecified atom stereocenters. The molecule has 1 spiro atoms. The van der Waals surface area contributed by atoms with Gasteiger partial charge in [-0.05, 0) is 12.8 Å². The third-order valence-corrected chi connectivity index (χ3v) is 2.49. The van der Waals surface area contributed by atoms with Crippen LogP contribution in [0, 0.1) is 0 Å². The van der Waals surface area contributed by atoms with Crippen LogP contribution in [0.5, 0.6) is 0 Å². The Morgan fingerprint density at radius 2 is 1.91 bits per heavy atom. The summed E-state index contributed by atoms with van der Waals surface area (Å²) >= 11 is 0. The first-order valence-corrected chi connectivity index (χ1v) is 4.25. The van der Waals surface area contributed by atoms with Crippen LogP contribution >= 0.6 is 0 Å². The Morgan fingerprint density at radius 1 is 1.18 bits per heavy atom. The van der Waals surface area contributed by atoms with Crippen LogP contribution in [-0.2, 0) is 9.47 Å². The Morgan fingerprint density at radius 3 is 2.55 bits per heavy atom. The Labute approximate surface area is 65.7 Å². The molecule has 0 amide bonds. The van der Waals surface area contributed by atoms with Crippen molar-refractivity contribution in [2.45, 2.75) is 37.6 Å². The summed E-state index contributed by atoms with van der Waals surface area (Å²) in [5.41, 5.74) is 0. The summed E-state index contributed by atoms with van der Waals surface area (Å²) in [4.78, 5) is 0. The molecule has 0 aromatic heterocycles. The number of alkyl halides is 1. The molecular formula is C8H13FO2. The number of halogens is 1. The lowest BCUT2D eigenvalue weighted by Gasteiger charge is -2.34. The number of hydrogen-bond donors (Lipinski definition) is 0. The van der Waals surface area contributed by atoms with Crippen LogP contribution in [0.2, 0.25) is 0 Å².